The summed E-state index contributed by atoms with van der Waals surface area (Å²) in [6, 6.07) is 5.33. The van der Waals surface area contributed by atoms with Gasteiger partial charge in [-0.2, -0.15) is 0 Å². The highest BCUT2D eigenvalue weighted by molar-refractivity contribution is 6.33. The Morgan fingerprint density at radius 2 is 1.97 bits per heavy atom. The van der Waals surface area contributed by atoms with Gasteiger partial charge in [0, 0.05) is 32.1 Å². The fourth-order valence-electron chi connectivity index (χ4n) is 4.64. The molecule has 7 nitrogen and oxygen atoms in total. The fourth-order valence-corrected chi connectivity index (χ4v) is 4.94. The van der Waals surface area contributed by atoms with Crippen LogP contribution in [0.2, 0.25) is 5.02 Å². The number of anilines is 1. The van der Waals surface area contributed by atoms with Crippen molar-refractivity contribution in [3.05, 3.63) is 28.8 Å². The summed E-state index contributed by atoms with van der Waals surface area (Å²) in [6.07, 6.45) is 0.684. The number of benzene rings is 1. The van der Waals surface area contributed by atoms with Crippen molar-refractivity contribution in [2.24, 2.45) is 0 Å². The van der Waals surface area contributed by atoms with Crippen LogP contribution in [0.25, 0.3) is 0 Å². The number of carbonyl (C=O) groups excluding carboxylic acids is 2. The van der Waals surface area contributed by atoms with Gasteiger partial charge < -0.3 is 24.8 Å². The molecule has 3 amide bonds. The summed E-state index contributed by atoms with van der Waals surface area (Å²) in [6.45, 7) is 1.72. The smallest absolute Gasteiger partial charge is 0.320 e. The van der Waals surface area contributed by atoms with Crippen molar-refractivity contribution in [3.8, 4) is 0 Å². The lowest BCUT2D eigenvalue weighted by Crippen LogP contribution is -2.63. The van der Waals surface area contributed by atoms with E-state index in [9.17, 15) is 18.4 Å². The Hall–Kier alpha value is -2.13. The van der Waals surface area contributed by atoms with Gasteiger partial charge in [0.15, 0.2) is 0 Å². The summed E-state index contributed by atoms with van der Waals surface area (Å²) in [5.74, 6) is -2.61. The van der Waals surface area contributed by atoms with E-state index in [-0.39, 0.29) is 49.7 Å². The molecule has 30 heavy (non-hydrogen) atoms. The molecule has 4 saturated heterocycles. The average Bonchev–Trinajstić information content (AvgIpc) is 2.64. The number of piperidine rings is 1. The summed E-state index contributed by atoms with van der Waals surface area (Å²) in [4.78, 5) is 29.5. The standard InChI is InChI=1S/C20H23ClF2N4O3/c21-14-5-12(1-2-16(14)27-10-20(22,23)11-27)13-6-26(7-13)19(29)25-4-3-17-15(8-25)24-18(28)9-30-17/h1-2,5,13,15,17H,3-4,6-11H2,(H,24,28)/t15-,17+/m1/s1. The topological polar surface area (TPSA) is 65.1 Å². The molecule has 162 valence electrons. The number of hydrogen-bond donors (Lipinski definition) is 1. The molecule has 0 aliphatic carbocycles. The Kier molecular flexibility index (Phi) is 4.77. The van der Waals surface area contributed by atoms with Gasteiger partial charge in [-0.15, -0.1) is 0 Å². The van der Waals surface area contributed by atoms with Gasteiger partial charge in [0.2, 0.25) is 5.91 Å². The van der Waals surface area contributed by atoms with Gasteiger partial charge in [0.1, 0.15) is 6.61 Å². The van der Waals surface area contributed by atoms with Gasteiger partial charge in [-0.05, 0) is 24.1 Å². The Morgan fingerprint density at radius 1 is 1.20 bits per heavy atom. The Bertz CT molecular complexity index is 872. The molecule has 5 rings (SSSR count). The lowest BCUT2D eigenvalue weighted by atomic mass is 9.91. The van der Waals surface area contributed by atoms with E-state index < -0.39 is 5.92 Å². The maximum atomic E-state index is 13.1. The predicted molar refractivity (Wildman–Crippen MR) is 106 cm³/mol. The van der Waals surface area contributed by atoms with Gasteiger partial charge in [-0.3, -0.25) is 4.79 Å². The minimum absolute atomic E-state index is 0.0251. The minimum Gasteiger partial charge on any atom is -0.366 e. The lowest BCUT2D eigenvalue weighted by molar-refractivity contribution is -0.139. The van der Waals surface area contributed by atoms with Crippen molar-refractivity contribution in [1.29, 1.82) is 0 Å². The molecule has 2 atom stereocenters. The summed E-state index contributed by atoms with van der Waals surface area (Å²) >= 11 is 6.33. The van der Waals surface area contributed by atoms with Crippen LogP contribution in [0.4, 0.5) is 19.3 Å². The number of halogens is 3. The van der Waals surface area contributed by atoms with E-state index in [0.29, 0.717) is 43.3 Å². The number of morpholine rings is 1. The van der Waals surface area contributed by atoms with Gasteiger partial charge in [0.25, 0.3) is 5.92 Å². The van der Waals surface area contributed by atoms with Crippen LogP contribution in [0.3, 0.4) is 0 Å². The number of rotatable bonds is 2. The summed E-state index contributed by atoms with van der Waals surface area (Å²) in [7, 11) is 0. The summed E-state index contributed by atoms with van der Waals surface area (Å²) in [5, 5.41) is 3.37. The molecule has 1 N–H and O–H groups in total. The number of urea groups is 1. The predicted octanol–water partition coefficient (Wildman–Crippen LogP) is 1.90. The van der Waals surface area contributed by atoms with Crippen LogP contribution in [-0.2, 0) is 9.53 Å². The third kappa shape index (κ3) is 3.58. The monoisotopic (exact) mass is 440 g/mol. The minimum atomic E-state index is -2.64. The Morgan fingerprint density at radius 3 is 2.67 bits per heavy atom. The zero-order valence-corrected chi connectivity index (χ0v) is 17.1. The van der Waals surface area contributed by atoms with Crippen LogP contribution in [0, 0.1) is 0 Å². The van der Waals surface area contributed by atoms with Crippen molar-refractivity contribution in [2.45, 2.75) is 30.4 Å². The van der Waals surface area contributed by atoms with Crippen LogP contribution in [0.1, 0.15) is 17.9 Å². The number of alkyl halides is 2. The second-order valence-electron chi connectivity index (χ2n) is 8.57. The molecule has 0 unspecified atom stereocenters. The first-order chi connectivity index (χ1) is 14.3. The number of nitrogens with one attached hydrogen (secondary N) is 1. The molecule has 0 saturated carbocycles. The van der Waals surface area contributed by atoms with E-state index in [1.165, 1.54) is 0 Å². The molecule has 4 heterocycles. The number of nitrogens with zero attached hydrogens (tertiary/aromatic N) is 3. The zero-order chi connectivity index (χ0) is 21.0. The highest BCUT2D eigenvalue weighted by Gasteiger charge is 2.45. The van der Waals surface area contributed by atoms with Crippen LogP contribution in [0.5, 0.6) is 0 Å². The SMILES string of the molecule is O=C1CO[C@H]2CCN(C(=O)N3CC(c4ccc(N5CC(F)(F)C5)c(Cl)c4)C3)C[C@H]2N1. The molecule has 0 radical (unpaired) electrons. The van der Waals surface area contributed by atoms with Crippen LogP contribution >= 0.6 is 11.6 Å². The summed E-state index contributed by atoms with van der Waals surface area (Å²) < 4.78 is 31.8. The molecule has 0 aromatic heterocycles. The number of amides is 3. The second-order valence-corrected chi connectivity index (χ2v) is 8.97. The van der Waals surface area contributed by atoms with E-state index in [4.69, 9.17) is 16.3 Å². The number of fused-ring (bicyclic) bond motifs is 1. The first kappa shape index (κ1) is 19.8. The third-order valence-corrected chi connectivity index (χ3v) is 6.68. The molecule has 4 aliphatic heterocycles. The Balaban J connectivity index is 1.16. The van der Waals surface area contributed by atoms with Crippen molar-refractivity contribution < 1.29 is 23.1 Å². The van der Waals surface area contributed by atoms with Crippen molar-refractivity contribution in [3.63, 3.8) is 0 Å². The zero-order valence-electron chi connectivity index (χ0n) is 16.3. The second kappa shape index (κ2) is 7.23. The number of likely N-dealkylation sites (tertiary alicyclic amines) is 2. The first-order valence-electron chi connectivity index (χ1n) is 10.2. The van der Waals surface area contributed by atoms with E-state index >= 15 is 0 Å². The molecule has 1 aromatic rings. The van der Waals surface area contributed by atoms with Gasteiger partial charge in [-0.25, -0.2) is 13.6 Å². The Labute approximate surface area is 177 Å². The van der Waals surface area contributed by atoms with Crippen LogP contribution < -0.4 is 10.2 Å². The third-order valence-electron chi connectivity index (χ3n) is 6.38. The lowest BCUT2D eigenvalue weighted by Gasteiger charge is -2.46. The van der Waals surface area contributed by atoms with Gasteiger partial charge in [-0.1, -0.05) is 17.7 Å². The van der Waals surface area contributed by atoms with Crippen molar-refractivity contribution >= 4 is 29.2 Å². The van der Waals surface area contributed by atoms with E-state index in [1.807, 2.05) is 12.1 Å². The van der Waals surface area contributed by atoms with E-state index in [1.54, 1.807) is 20.8 Å². The molecule has 0 bridgehead atoms. The largest absolute Gasteiger partial charge is 0.366 e. The number of hydrogen-bond acceptors (Lipinski definition) is 4. The van der Waals surface area contributed by atoms with Gasteiger partial charge in [0.05, 0.1) is 35.9 Å². The molecular weight excluding hydrogens is 418 g/mol. The van der Waals surface area contributed by atoms with Crippen molar-refractivity contribution in [2.75, 3.05) is 50.8 Å². The number of carbonyl (C=O) groups is 2. The van der Waals surface area contributed by atoms with Crippen LogP contribution in [0.15, 0.2) is 18.2 Å². The quantitative estimate of drug-likeness (QED) is 0.763. The maximum absolute atomic E-state index is 13.1. The molecule has 10 heteroatoms. The average molecular weight is 441 g/mol. The maximum Gasteiger partial charge on any atom is 0.320 e. The number of ether oxygens (including phenoxy) is 1. The molecular formula is C20H23ClF2N4O3. The molecule has 0 spiro atoms. The van der Waals surface area contributed by atoms with Gasteiger partial charge >= 0.3 is 6.03 Å². The first-order valence-corrected chi connectivity index (χ1v) is 10.5. The normalized spacial score (nSPS) is 28.4. The highest BCUT2D eigenvalue weighted by atomic mass is 35.5. The molecule has 1 aromatic carbocycles. The summed E-state index contributed by atoms with van der Waals surface area (Å²) in [5.41, 5.74) is 1.63. The fraction of sp³-hybridized carbons (Fsp3) is 0.600. The van der Waals surface area contributed by atoms with E-state index in [2.05, 4.69) is 5.32 Å². The molecule has 4 aliphatic rings. The van der Waals surface area contributed by atoms with Crippen LogP contribution in [-0.4, -0.2) is 85.7 Å². The van der Waals surface area contributed by atoms with E-state index in [0.717, 1.165) is 5.56 Å². The highest BCUT2D eigenvalue weighted by Crippen LogP contribution is 2.38. The van der Waals surface area contributed by atoms with Crippen molar-refractivity contribution in [1.82, 2.24) is 15.1 Å². The molecule has 4 fully saturated rings.